The molecule has 1 N–H and O–H groups in total. The van der Waals surface area contributed by atoms with Crippen LogP contribution in [0.5, 0.6) is 0 Å². The third-order valence-corrected chi connectivity index (χ3v) is 3.90. The zero-order valence-corrected chi connectivity index (χ0v) is 10.9. The fourth-order valence-electron chi connectivity index (χ4n) is 2.44. The van der Waals surface area contributed by atoms with Crippen molar-refractivity contribution in [2.45, 2.75) is 26.4 Å². The molecule has 1 aliphatic rings. The maximum Gasteiger partial charge on any atom is 0.405 e. The smallest absolute Gasteiger partial charge is 0.405 e. The van der Waals surface area contributed by atoms with Gasteiger partial charge < -0.3 is 10.0 Å². The Morgan fingerprint density at radius 3 is 2.42 bits per heavy atom. The van der Waals surface area contributed by atoms with Crippen LogP contribution in [0.2, 0.25) is 0 Å². The molecule has 0 bridgehead atoms. The number of aliphatic carboxylic acids is 1. The highest BCUT2D eigenvalue weighted by atomic mass is 19.4. The van der Waals surface area contributed by atoms with Gasteiger partial charge in [-0.15, -0.1) is 0 Å². The quantitative estimate of drug-likeness (QED) is 0.855. The first-order valence-corrected chi connectivity index (χ1v) is 6.05. The van der Waals surface area contributed by atoms with Crippen LogP contribution in [0.15, 0.2) is 0 Å². The molecule has 1 heterocycles. The summed E-state index contributed by atoms with van der Waals surface area (Å²) in [5.74, 6) is -3.21. The lowest BCUT2D eigenvalue weighted by molar-refractivity contribution is -0.163. The number of hydrogen-bond acceptors (Lipinski definition) is 3. The van der Waals surface area contributed by atoms with Crippen molar-refractivity contribution in [3.63, 3.8) is 0 Å². The Kier molecular flexibility index (Phi) is 4.46. The summed E-state index contributed by atoms with van der Waals surface area (Å²) in [6, 6.07) is 1.24. The van der Waals surface area contributed by atoms with Crippen LogP contribution in [0.1, 0.15) is 20.3 Å². The van der Waals surface area contributed by atoms with E-state index in [4.69, 9.17) is 5.26 Å². The third kappa shape index (κ3) is 3.18. The average molecular weight is 278 g/mol. The van der Waals surface area contributed by atoms with E-state index < -0.39 is 30.0 Å². The van der Waals surface area contributed by atoms with E-state index >= 15 is 0 Å². The molecule has 2 atom stereocenters. The van der Waals surface area contributed by atoms with Gasteiger partial charge in [0, 0.05) is 13.1 Å². The van der Waals surface area contributed by atoms with Crippen molar-refractivity contribution in [3.8, 4) is 6.07 Å². The second-order valence-electron chi connectivity index (χ2n) is 5.32. The Hall–Kier alpha value is -1.29. The van der Waals surface area contributed by atoms with E-state index in [-0.39, 0.29) is 19.0 Å². The number of rotatable bonds is 4. The Balaban J connectivity index is 2.76. The first kappa shape index (κ1) is 15.8. The largest absolute Gasteiger partial charge is 0.481 e. The SMILES string of the molecule is CC(C)C1(C(=O)O)CCN(CC(C#N)C(F)(F)F)C1. The van der Waals surface area contributed by atoms with E-state index in [1.165, 1.54) is 11.0 Å². The molecule has 1 rings (SSSR count). The van der Waals surface area contributed by atoms with Crippen LogP contribution in [0, 0.1) is 28.6 Å². The third-order valence-electron chi connectivity index (χ3n) is 3.90. The van der Waals surface area contributed by atoms with Gasteiger partial charge in [0.1, 0.15) is 0 Å². The number of carboxylic acids is 1. The number of nitriles is 1. The van der Waals surface area contributed by atoms with Crippen LogP contribution in [0.3, 0.4) is 0 Å². The Morgan fingerprint density at radius 1 is 1.53 bits per heavy atom. The predicted molar refractivity (Wildman–Crippen MR) is 61.1 cm³/mol. The summed E-state index contributed by atoms with van der Waals surface area (Å²) in [4.78, 5) is 12.8. The number of nitrogens with zero attached hydrogens (tertiary/aromatic N) is 2. The number of carboxylic acid groups (broad SMARTS) is 1. The van der Waals surface area contributed by atoms with E-state index in [9.17, 15) is 23.1 Å². The van der Waals surface area contributed by atoms with Crippen molar-refractivity contribution in [1.29, 1.82) is 5.26 Å². The summed E-state index contributed by atoms with van der Waals surface area (Å²) >= 11 is 0. The zero-order valence-electron chi connectivity index (χ0n) is 10.9. The predicted octanol–water partition coefficient (Wildman–Crippen LogP) is 2.12. The van der Waals surface area contributed by atoms with Crippen molar-refractivity contribution in [1.82, 2.24) is 4.90 Å². The maximum atomic E-state index is 12.5. The van der Waals surface area contributed by atoms with Gasteiger partial charge in [0.2, 0.25) is 0 Å². The lowest BCUT2D eigenvalue weighted by atomic mass is 9.76. The summed E-state index contributed by atoms with van der Waals surface area (Å²) in [5.41, 5.74) is -1.01. The number of carbonyl (C=O) groups is 1. The van der Waals surface area contributed by atoms with Crippen LogP contribution in [0.4, 0.5) is 13.2 Å². The number of alkyl halides is 3. The molecule has 0 spiro atoms. The number of halogens is 3. The molecule has 0 saturated carbocycles. The standard InChI is InChI=1S/C12H17F3N2O2/c1-8(2)11(10(18)19)3-4-17(7-11)6-9(5-16)12(13,14)15/h8-9H,3-4,6-7H2,1-2H3,(H,18,19). The molecule has 1 aliphatic heterocycles. The summed E-state index contributed by atoms with van der Waals surface area (Å²) in [7, 11) is 0. The lowest BCUT2D eigenvalue weighted by Crippen LogP contribution is -2.41. The summed E-state index contributed by atoms with van der Waals surface area (Å²) in [5, 5.41) is 17.8. The van der Waals surface area contributed by atoms with Gasteiger partial charge in [-0.25, -0.2) is 0 Å². The molecule has 1 fully saturated rings. The molecule has 0 aromatic carbocycles. The van der Waals surface area contributed by atoms with Gasteiger partial charge in [0.05, 0.1) is 11.5 Å². The fourth-order valence-corrected chi connectivity index (χ4v) is 2.44. The second-order valence-corrected chi connectivity index (χ2v) is 5.32. The molecule has 0 aromatic heterocycles. The molecule has 0 radical (unpaired) electrons. The van der Waals surface area contributed by atoms with Crippen molar-refractivity contribution in [2.24, 2.45) is 17.3 Å². The van der Waals surface area contributed by atoms with Gasteiger partial charge in [-0.1, -0.05) is 13.8 Å². The van der Waals surface area contributed by atoms with Gasteiger partial charge in [-0.3, -0.25) is 4.79 Å². The van der Waals surface area contributed by atoms with Crippen molar-refractivity contribution < 1.29 is 23.1 Å². The molecule has 0 aromatic rings. The highest BCUT2D eigenvalue weighted by molar-refractivity contribution is 5.75. The fraction of sp³-hybridized carbons (Fsp3) is 0.833. The van der Waals surface area contributed by atoms with E-state index in [2.05, 4.69) is 0 Å². The van der Waals surface area contributed by atoms with Crippen molar-refractivity contribution in [2.75, 3.05) is 19.6 Å². The van der Waals surface area contributed by atoms with Crippen LogP contribution >= 0.6 is 0 Å². The molecule has 1 saturated heterocycles. The number of hydrogen-bond donors (Lipinski definition) is 1. The molecular weight excluding hydrogens is 261 g/mol. The molecule has 7 heteroatoms. The van der Waals surface area contributed by atoms with Gasteiger partial charge >= 0.3 is 12.1 Å². The molecule has 2 unspecified atom stereocenters. The van der Waals surface area contributed by atoms with Crippen LogP contribution in [-0.4, -0.2) is 41.8 Å². The molecule has 0 aliphatic carbocycles. The minimum Gasteiger partial charge on any atom is -0.481 e. The number of likely N-dealkylation sites (tertiary alicyclic amines) is 1. The second kappa shape index (κ2) is 5.37. The van der Waals surface area contributed by atoms with Gasteiger partial charge in [-0.2, -0.15) is 18.4 Å². The van der Waals surface area contributed by atoms with E-state index in [0.717, 1.165) is 0 Å². The van der Waals surface area contributed by atoms with Crippen LogP contribution in [0.25, 0.3) is 0 Å². The van der Waals surface area contributed by atoms with Gasteiger partial charge in [0.15, 0.2) is 5.92 Å². The molecule has 4 nitrogen and oxygen atoms in total. The minimum absolute atomic E-state index is 0.0637. The Labute approximate surface area is 109 Å². The maximum absolute atomic E-state index is 12.5. The lowest BCUT2D eigenvalue weighted by Gasteiger charge is -2.29. The average Bonchev–Trinajstić information content (AvgIpc) is 2.69. The first-order chi connectivity index (χ1) is 8.63. The monoisotopic (exact) mass is 278 g/mol. The van der Waals surface area contributed by atoms with Crippen molar-refractivity contribution >= 4 is 5.97 Å². The van der Waals surface area contributed by atoms with Gasteiger partial charge in [-0.05, 0) is 18.9 Å². The summed E-state index contributed by atoms with van der Waals surface area (Å²) in [6.45, 7) is 3.39. The van der Waals surface area contributed by atoms with E-state index in [1.807, 2.05) is 0 Å². The normalized spacial score (nSPS) is 26.4. The highest BCUT2D eigenvalue weighted by Gasteiger charge is 2.49. The molecule has 108 valence electrons. The molecule has 0 amide bonds. The summed E-state index contributed by atoms with van der Waals surface area (Å²) in [6.07, 6.45) is -4.25. The molecule has 19 heavy (non-hydrogen) atoms. The van der Waals surface area contributed by atoms with Crippen LogP contribution < -0.4 is 0 Å². The summed E-state index contributed by atoms with van der Waals surface area (Å²) < 4.78 is 37.6. The van der Waals surface area contributed by atoms with E-state index in [0.29, 0.717) is 6.42 Å². The van der Waals surface area contributed by atoms with Gasteiger partial charge in [0.25, 0.3) is 0 Å². The first-order valence-electron chi connectivity index (χ1n) is 6.05. The topological polar surface area (TPSA) is 64.3 Å². The Morgan fingerprint density at radius 2 is 2.11 bits per heavy atom. The minimum atomic E-state index is -4.57. The zero-order chi connectivity index (χ0) is 14.8. The van der Waals surface area contributed by atoms with E-state index in [1.54, 1.807) is 13.8 Å². The highest BCUT2D eigenvalue weighted by Crippen LogP contribution is 2.39. The Bertz CT molecular complexity index is 389. The van der Waals surface area contributed by atoms with Crippen LogP contribution in [-0.2, 0) is 4.79 Å². The molecular formula is C12H17F3N2O2. The van der Waals surface area contributed by atoms with Crippen molar-refractivity contribution in [3.05, 3.63) is 0 Å².